The number of nitrogens with zero attached hydrogens (tertiary/aromatic N) is 7. The summed E-state index contributed by atoms with van der Waals surface area (Å²) in [7, 11) is 0. The lowest BCUT2D eigenvalue weighted by atomic mass is 10.0. The summed E-state index contributed by atoms with van der Waals surface area (Å²) in [5, 5.41) is 23.0. The fourth-order valence-electron chi connectivity index (χ4n) is 7.33. The Labute approximate surface area is 370 Å². The Morgan fingerprint density at radius 3 is 1.77 bits per heavy atom. The molecule has 0 aliphatic heterocycles. The van der Waals surface area contributed by atoms with Crippen molar-refractivity contribution < 1.29 is 28.5 Å². The Balaban J connectivity index is 1.19. The summed E-state index contributed by atoms with van der Waals surface area (Å²) in [6.45, 7) is -0.741. The number of benzene rings is 5. The van der Waals surface area contributed by atoms with Gasteiger partial charge in [-0.25, -0.2) is 28.7 Å². The molecule has 12 nitrogen and oxygen atoms in total. The highest BCUT2D eigenvalue weighted by Crippen LogP contribution is 2.39. The van der Waals surface area contributed by atoms with Crippen LogP contribution in [0.1, 0.15) is 29.2 Å². The number of H-pyrrole nitrogens is 1. The minimum Gasteiger partial charge on any atom is -0.424 e. The number of para-hydroxylation sites is 1. The standard InChI is InChI=1S/C49H37ClF2N8O4/c50-34-15-21-38(22-16-34)64-48-53-25-23-39(55-48)45-43(31-11-17-35(51)18-12-31)58-47(59-45)33(28-61)27-42-57-44(32-13-19-36(52)20-14-32)46(60(42)41(29-62)30-7-3-1-4-8-30)40-24-26-54-49(56-40)63-37-9-5-2-6-10-37/h1-26,33,41,61-62H,27-29H2,(H,58,59). The number of aliphatic hydroxyl groups is 2. The molecule has 15 heteroatoms. The average molecular weight is 875 g/mol. The Morgan fingerprint density at radius 2 is 1.16 bits per heavy atom. The number of hydrogen-bond donors (Lipinski definition) is 3. The van der Waals surface area contributed by atoms with Gasteiger partial charge in [-0.05, 0) is 103 Å². The maximum absolute atomic E-state index is 14.4. The van der Waals surface area contributed by atoms with Crippen LogP contribution in [0, 0.1) is 11.6 Å². The highest BCUT2D eigenvalue weighted by Gasteiger charge is 2.31. The maximum Gasteiger partial charge on any atom is 0.322 e. The second-order valence-electron chi connectivity index (χ2n) is 14.6. The summed E-state index contributed by atoms with van der Waals surface area (Å²) < 4.78 is 42.6. The van der Waals surface area contributed by atoms with Gasteiger partial charge in [-0.3, -0.25) is 0 Å². The van der Waals surface area contributed by atoms with Crippen LogP contribution < -0.4 is 9.47 Å². The van der Waals surface area contributed by atoms with E-state index in [-0.39, 0.29) is 25.0 Å². The first-order valence-electron chi connectivity index (χ1n) is 20.2. The molecule has 9 aromatic rings. The average Bonchev–Trinajstić information content (AvgIpc) is 3.93. The molecular weight excluding hydrogens is 838 g/mol. The number of halogens is 3. The van der Waals surface area contributed by atoms with E-state index in [4.69, 9.17) is 36.0 Å². The van der Waals surface area contributed by atoms with Gasteiger partial charge in [0.05, 0.1) is 53.4 Å². The minimum atomic E-state index is -0.730. The predicted molar refractivity (Wildman–Crippen MR) is 237 cm³/mol. The first-order chi connectivity index (χ1) is 31.3. The number of nitrogens with one attached hydrogen (secondary N) is 1. The van der Waals surface area contributed by atoms with Crippen molar-refractivity contribution in [3.8, 4) is 68.8 Å². The molecule has 2 unspecified atom stereocenters. The molecule has 2 atom stereocenters. The van der Waals surface area contributed by atoms with Gasteiger partial charge >= 0.3 is 12.0 Å². The van der Waals surface area contributed by atoms with Gasteiger partial charge in [0.2, 0.25) is 0 Å². The molecule has 0 bridgehead atoms. The molecule has 4 aromatic heterocycles. The highest BCUT2D eigenvalue weighted by atomic mass is 35.5. The molecule has 0 aliphatic rings. The molecule has 0 radical (unpaired) electrons. The molecular formula is C49H37ClF2N8O4. The number of ether oxygens (including phenoxy) is 2. The molecule has 318 valence electrons. The molecule has 0 fully saturated rings. The van der Waals surface area contributed by atoms with Gasteiger partial charge in [0.15, 0.2) is 0 Å². The largest absolute Gasteiger partial charge is 0.424 e. The lowest BCUT2D eigenvalue weighted by Crippen LogP contribution is -2.21. The third-order valence-electron chi connectivity index (χ3n) is 10.4. The van der Waals surface area contributed by atoms with E-state index in [1.165, 1.54) is 24.3 Å². The van der Waals surface area contributed by atoms with Crippen LogP contribution >= 0.6 is 11.6 Å². The lowest BCUT2D eigenvalue weighted by Gasteiger charge is -2.23. The number of imidazole rings is 2. The van der Waals surface area contributed by atoms with E-state index in [0.29, 0.717) is 73.5 Å². The number of aromatic nitrogens is 8. The maximum atomic E-state index is 14.4. The fourth-order valence-corrected chi connectivity index (χ4v) is 7.46. The number of aliphatic hydroxyl groups excluding tert-OH is 2. The van der Waals surface area contributed by atoms with Crippen molar-refractivity contribution in [3.63, 3.8) is 0 Å². The summed E-state index contributed by atoms with van der Waals surface area (Å²) in [5.74, 6) is 0.237. The Bertz CT molecular complexity index is 2990. The van der Waals surface area contributed by atoms with E-state index in [1.807, 2.05) is 53.1 Å². The molecule has 0 saturated carbocycles. The van der Waals surface area contributed by atoms with E-state index >= 15 is 0 Å². The smallest absolute Gasteiger partial charge is 0.322 e. The van der Waals surface area contributed by atoms with Crippen LogP contribution in [0.25, 0.3) is 45.3 Å². The van der Waals surface area contributed by atoms with Crippen molar-refractivity contribution in [1.29, 1.82) is 0 Å². The monoisotopic (exact) mass is 874 g/mol. The summed E-state index contributed by atoms with van der Waals surface area (Å²) in [6, 6.07) is 40.0. The van der Waals surface area contributed by atoms with Crippen LogP contribution in [0.2, 0.25) is 5.02 Å². The third-order valence-corrected chi connectivity index (χ3v) is 10.6. The number of aromatic amines is 1. The van der Waals surface area contributed by atoms with Crippen LogP contribution in [-0.4, -0.2) is 62.9 Å². The van der Waals surface area contributed by atoms with Gasteiger partial charge in [-0.1, -0.05) is 60.1 Å². The highest BCUT2D eigenvalue weighted by molar-refractivity contribution is 6.30. The molecule has 0 saturated heterocycles. The van der Waals surface area contributed by atoms with E-state index in [9.17, 15) is 19.0 Å². The van der Waals surface area contributed by atoms with Gasteiger partial charge in [0, 0.05) is 40.9 Å². The SMILES string of the molecule is OCC(Cc1nc(-c2ccc(F)cc2)c(-c2ccnc(Oc3ccccc3)n2)n1C(CO)c1ccccc1)c1nc(-c2ccc(F)cc2)c(-c2ccnc(Oc3ccc(Cl)cc3)n2)[nH]1. The predicted octanol–water partition coefficient (Wildman–Crippen LogP) is 10.3. The lowest BCUT2D eigenvalue weighted by molar-refractivity contribution is 0.241. The van der Waals surface area contributed by atoms with Gasteiger partial charge in [0.25, 0.3) is 0 Å². The van der Waals surface area contributed by atoms with Crippen molar-refractivity contribution in [1.82, 2.24) is 39.5 Å². The second-order valence-corrected chi connectivity index (χ2v) is 15.0. The van der Waals surface area contributed by atoms with Crippen molar-refractivity contribution in [2.45, 2.75) is 18.4 Å². The van der Waals surface area contributed by atoms with Gasteiger partial charge in [0.1, 0.15) is 34.8 Å². The summed E-state index contributed by atoms with van der Waals surface area (Å²) in [5.41, 5.74) is 4.57. The first kappa shape index (κ1) is 41.7. The van der Waals surface area contributed by atoms with E-state index in [1.54, 1.807) is 85.2 Å². The Morgan fingerprint density at radius 1 is 0.594 bits per heavy atom. The molecule has 4 heterocycles. The van der Waals surface area contributed by atoms with Crippen molar-refractivity contribution in [3.05, 3.63) is 192 Å². The first-order valence-corrected chi connectivity index (χ1v) is 20.5. The Kier molecular flexibility index (Phi) is 12.2. The van der Waals surface area contributed by atoms with Gasteiger partial charge in [-0.2, -0.15) is 9.97 Å². The van der Waals surface area contributed by atoms with Crippen LogP contribution in [0.4, 0.5) is 8.78 Å². The zero-order chi connectivity index (χ0) is 44.0. The number of hydrogen-bond acceptors (Lipinski definition) is 10. The van der Waals surface area contributed by atoms with Crippen LogP contribution in [0.5, 0.6) is 23.5 Å². The summed E-state index contributed by atoms with van der Waals surface area (Å²) in [4.78, 5) is 31.8. The number of rotatable bonds is 15. The molecule has 3 N–H and O–H groups in total. The van der Waals surface area contributed by atoms with E-state index in [0.717, 1.165) is 5.56 Å². The zero-order valence-corrected chi connectivity index (χ0v) is 34.5. The summed E-state index contributed by atoms with van der Waals surface area (Å²) in [6.07, 6.45) is 3.19. The van der Waals surface area contributed by atoms with Crippen LogP contribution in [0.3, 0.4) is 0 Å². The molecule has 0 spiro atoms. The van der Waals surface area contributed by atoms with Gasteiger partial charge < -0.3 is 29.2 Å². The molecule has 64 heavy (non-hydrogen) atoms. The third kappa shape index (κ3) is 9.10. The van der Waals surface area contributed by atoms with E-state index in [2.05, 4.69) is 19.9 Å². The van der Waals surface area contributed by atoms with Crippen LogP contribution in [0.15, 0.2) is 158 Å². The van der Waals surface area contributed by atoms with Crippen LogP contribution in [-0.2, 0) is 6.42 Å². The Hall–Kier alpha value is -7.65. The molecule has 9 rings (SSSR count). The quantitative estimate of drug-likeness (QED) is 0.0906. The van der Waals surface area contributed by atoms with Crippen molar-refractivity contribution in [2.75, 3.05) is 13.2 Å². The molecule has 0 aliphatic carbocycles. The topological polar surface area (TPSA) is 157 Å². The van der Waals surface area contributed by atoms with Crippen molar-refractivity contribution in [2.24, 2.45) is 0 Å². The molecule has 0 amide bonds. The normalized spacial score (nSPS) is 12.2. The summed E-state index contributed by atoms with van der Waals surface area (Å²) >= 11 is 6.08. The fraction of sp³-hybridized carbons (Fsp3) is 0.102. The second kappa shape index (κ2) is 18.8. The van der Waals surface area contributed by atoms with E-state index < -0.39 is 30.2 Å². The minimum absolute atomic E-state index is 0.0561. The molecule has 5 aromatic carbocycles. The zero-order valence-electron chi connectivity index (χ0n) is 33.8. The van der Waals surface area contributed by atoms with Crippen molar-refractivity contribution >= 4 is 11.6 Å². The van der Waals surface area contributed by atoms with Gasteiger partial charge in [-0.15, -0.1) is 0 Å².